The molecule has 1 aliphatic carbocycles. The van der Waals surface area contributed by atoms with Crippen LogP contribution in [0.1, 0.15) is 103 Å². The second-order valence-electron chi connectivity index (χ2n) is 10.6. The zero-order valence-electron chi connectivity index (χ0n) is 26.6. The molecule has 1 aromatic carbocycles. The van der Waals surface area contributed by atoms with Crippen molar-refractivity contribution < 1.29 is 9.59 Å². The predicted molar refractivity (Wildman–Crippen MR) is 179 cm³/mol. The van der Waals surface area contributed by atoms with E-state index in [0.29, 0.717) is 12.2 Å². The second-order valence-corrected chi connectivity index (χ2v) is 11.7. The van der Waals surface area contributed by atoms with E-state index in [1.54, 1.807) is 11.3 Å². The highest BCUT2D eigenvalue weighted by molar-refractivity contribution is 7.18. The van der Waals surface area contributed by atoms with Gasteiger partial charge in [-0.25, -0.2) is 9.97 Å². The first-order valence-corrected chi connectivity index (χ1v) is 16.4. The van der Waals surface area contributed by atoms with Crippen molar-refractivity contribution in [1.29, 1.82) is 0 Å². The van der Waals surface area contributed by atoms with Crippen LogP contribution in [0.3, 0.4) is 0 Å². The number of nitrogens with two attached hydrogens (primary N) is 1. The maximum Gasteiger partial charge on any atom is 0.204 e. The Balaban J connectivity index is 0.000000452. The molecule has 2 aromatic heterocycles. The van der Waals surface area contributed by atoms with E-state index in [2.05, 4.69) is 70.6 Å². The van der Waals surface area contributed by atoms with Crippen molar-refractivity contribution >= 4 is 33.7 Å². The monoisotopic (exact) mass is 595 g/mol. The Morgan fingerprint density at radius 1 is 1.10 bits per heavy atom. The highest BCUT2D eigenvalue weighted by Gasteiger charge is 2.43. The van der Waals surface area contributed by atoms with Crippen LogP contribution < -0.4 is 5.73 Å². The van der Waals surface area contributed by atoms with E-state index in [0.717, 1.165) is 67.4 Å². The van der Waals surface area contributed by atoms with E-state index in [9.17, 15) is 4.79 Å². The van der Waals surface area contributed by atoms with Crippen LogP contribution in [0.15, 0.2) is 24.4 Å². The highest BCUT2D eigenvalue weighted by Crippen LogP contribution is 2.53. The van der Waals surface area contributed by atoms with Crippen LogP contribution in [0, 0.1) is 18.3 Å². The number of nitrogens with zero attached hydrogens (tertiary/aromatic N) is 3. The molecule has 3 aromatic rings. The number of aromatic amines is 1. The Hall–Kier alpha value is -3.02. The maximum atomic E-state index is 11.3. The minimum absolute atomic E-state index is 0.250. The van der Waals surface area contributed by atoms with Crippen LogP contribution in [-0.2, 0) is 22.4 Å². The van der Waals surface area contributed by atoms with Gasteiger partial charge in [-0.3, -0.25) is 9.59 Å². The number of aryl methyl sites for hydroxylation is 2. The number of fused-ring (bicyclic) bond motifs is 1. The maximum absolute atomic E-state index is 11.3. The number of carbonyl (C=O) groups excluding carboxylic acids is 2. The molecule has 0 atom stereocenters. The summed E-state index contributed by atoms with van der Waals surface area (Å²) in [5.74, 6) is 1.42. The molecule has 5 rings (SSSR count). The standard InChI is InChI=1S/C21H27N3OS.C8H15N.C2H6.C2H2.CH3NO/c1-3-16(25)9-7-5-6-8-10-20-22-14-18(23-20)15-11-12-17-19(13-15)26-21(4-2)24-17;1-9-6-4-8(2-3-8)5-7-9;2*1-2;2-1-3/h11-14H,3-10H2,1-2H3,(H,22,23);2-7H2,1H3;1-2H3;1-2H;1H,(H2,2,3). The molecule has 0 radical (unpaired) electrons. The minimum atomic E-state index is 0.250. The van der Waals surface area contributed by atoms with Crippen LogP contribution in [0.2, 0.25) is 0 Å². The smallest absolute Gasteiger partial charge is 0.204 e. The lowest BCUT2D eigenvalue weighted by atomic mass is 9.94. The summed E-state index contributed by atoms with van der Waals surface area (Å²) in [6.07, 6.45) is 23.9. The van der Waals surface area contributed by atoms with Crippen molar-refractivity contribution in [2.24, 2.45) is 11.1 Å². The molecule has 1 saturated heterocycles. The van der Waals surface area contributed by atoms with Gasteiger partial charge in [0.05, 0.1) is 27.1 Å². The van der Waals surface area contributed by atoms with Crippen molar-refractivity contribution in [3.05, 3.63) is 35.2 Å². The van der Waals surface area contributed by atoms with Crippen molar-refractivity contribution in [3.63, 3.8) is 0 Å². The molecular formula is C34H53N5O2S. The van der Waals surface area contributed by atoms with Gasteiger partial charge in [0, 0.05) is 24.8 Å². The predicted octanol–water partition coefficient (Wildman–Crippen LogP) is 7.59. The third kappa shape index (κ3) is 12.9. The fourth-order valence-corrected chi connectivity index (χ4v) is 5.79. The van der Waals surface area contributed by atoms with Crippen LogP contribution in [-0.4, -0.2) is 52.2 Å². The number of Topliss-reactive ketones (excluding diaryl/α,β-unsaturated/α-hetero) is 1. The number of benzene rings is 1. The van der Waals surface area contributed by atoms with Gasteiger partial charge in [-0.05, 0) is 82.6 Å². The Morgan fingerprint density at radius 3 is 2.33 bits per heavy atom. The number of hydrogen-bond acceptors (Lipinski definition) is 6. The third-order valence-corrected chi connectivity index (χ3v) is 8.86. The van der Waals surface area contributed by atoms with Crippen LogP contribution >= 0.6 is 11.3 Å². The lowest BCUT2D eigenvalue weighted by molar-refractivity contribution is -0.118. The van der Waals surface area contributed by atoms with Crippen LogP contribution in [0.5, 0.6) is 0 Å². The zero-order valence-corrected chi connectivity index (χ0v) is 27.4. The average molecular weight is 596 g/mol. The van der Waals surface area contributed by atoms with Gasteiger partial charge in [0.25, 0.3) is 0 Å². The molecule has 1 aliphatic heterocycles. The Morgan fingerprint density at radius 2 is 1.74 bits per heavy atom. The van der Waals surface area contributed by atoms with E-state index >= 15 is 0 Å². The normalized spacial score (nSPS) is 14.5. The summed E-state index contributed by atoms with van der Waals surface area (Å²) in [6.45, 7) is 10.8. The molecule has 1 spiro atoms. The average Bonchev–Trinajstić information content (AvgIpc) is 3.41. The van der Waals surface area contributed by atoms with Gasteiger partial charge in [-0.2, -0.15) is 0 Å². The topological polar surface area (TPSA) is 105 Å². The van der Waals surface area contributed by atoms with Gasteiger partial charge >= 0.3 is 0 Å². The second kappa shape index (κ2) is 20.8. The van der Waals surface area contributed by atoms with Gasteiger partial charge in [-0.15, -0.1) is 24.2 Å². The fourth-order valence-electron chi connectivity index (χ4n) is 4.84. The Labute approximate surface area is 258 Å². The summed E-state index contributed by atoms with van der Waals surface area (Å²) >= 11 is 1.77. The summed E-state index contributed by atoms with van der Waals surface area (Å²) in [5.41, 5.74) is 8.35. The molecule has 2 fully saturated rings. The lowest BCUT2D eigenvalue weighted by Crippen LogP contribution is -2.30. The summed E-state index contributed by atoms with van der Waals surface area (Å²) in [7, 11) is 2.23. The summed E-state index contributed by atoms with van der Waals surface area (Å²) < 4.78 is 1.23. The quantitative estimate of drug-likeness (QED) is 0.143. The number of hydrogen-bond donors (Lipinski definition) is 2. The molecule has 1 saturated carbocycles. The number of imidazole rings is 1. The van der Waals surface area contributed by atoms with E-state index < -0.39 is 0 Å². The summed E-state index contributed by atoms with van der Waals surface area (Å²) in [4.78, 5) is 34.9. The number of rotatable bonds is 10. The number of primary amides is 1. The molecular weight excluding hydrogens is 542 g/mol. The largest absolute Gasteiger partial charge is 0.372 e. The van der Waals surface area contributed by atoms with Crippen molar-refractivity contribution in [2.45, 2.75) is 105 Å². The Bertz CT molecular complexity index is 1180. The molecule has 3 heterocycles. The molecule has 8 heteroatoms. The summed E-state index contributed by atoms with van der Waals surface area (Å²) in [5, 5.41) is 1.18. The van der Waals surface area contributed by atoms with E-state index in [1.165, 1.54) is 54.0 Å². The number of H-pyrrole nitrogens is 1. The van der Waals surface area contributed by atoms with E-state index in [-0.39, 0.29) is 6.41 Å². The SMILES string of the molecule is C#C.CC.CCC(=O)CCCCCCc1ncc(-c2ccc3nc(CC)sc3c2)[nH]1.CN1CCC2(CC1)CC2.NC=O. The van der Waals surface area contributed by atoms with E-state index in [4.69, 9.17) is 4.79 Å². The number of unbranched alkanes of at least 4 members (excludes halogenated alkanes) is 3. The fraction of sp³-hybridized carbons (Fsp3) is 0.588. The number of ketones is 1. The van der Waals surface area contributed by atoms with Gasteiger partial charge < -0.3 is 15.6 Å². The first-order valence-electron chi connectivity index (χ1n) is 15.5. The molecule has 0 bridgehead atoms. The molecule has 2 aliphatic rings. The van der Waals surface area contributed by atoms with Gasteiger partial charge in [0.1, 0.15) is 11.6 Å². The first kappa shape index (κ1) is 37.0. The molecule has 1 amide bonds. The first-order chi connectivity index (χ1) is 20.4. The lowest BCUT2D eigenvalue weighted by Gasteiger charge is -2.28. The van der Waals surface area contributed by atoms with E-state index in [1.807, 2.05) is 27.0 Å². The number of thiazole rings is 1. The molecule has 3 N–H and O–H groups in total. The van der Waals surface area contributed by atoms with Gasteiger partial charge in [-0.1, -0.05) is 46.6 Å². The third-order valence-electron chi connectivity index (χ3n) is 7.69. The number of nitrogens with one attached hydrogen (secondary N) is 1. The molecule has 232 valence electrons. The van der Waals surface area contributed by atoms with Crippen molar-refractivity contribution in [3.8, 4) is 24.1 Å². The van der Waals surface area contributed by atoms with Crippen molar-refractivity contribution in [2.75, 3.05) is 20.1 Å². The van der Waals surface area contributed by atoms with Crippen LogP contribution in [0.4, 0.5) is 0 Å². The Kier molecular flexibility index (Phi) is 18.3. The number of carbonyl (C=O) groups is 2. The zero-order chi connectivity index (χ0) is 31.4. The molecule has 42 heavy (non-hydrogen) atoms. The molecule has 7 nitrogen and oxygen atoms in total. The molecule has 0 unspecified atom stereocenters. The van der Waals surface area contributed by atoms with Gasteiger partial charge in [0.2, 0.25) is 6.41 Å². The summed E-state index contributed by atoms with van der Waals surface area (Å²) in [6, 6.07) is 6.41. The number of amides is 1. The van der Waals surface area contributed by atoms with Crippen molar-refractivity contribution in [1.82, 2.24) is 19.9 Å². The highest BCUT2D eigenvalue weighted by atomic mass is 32.1. The minimum Gasteiger partial charge on any atom is -0.372 e. The number of terminal acetylenes is 1. The van der Waals surface area contributed by atoms with Gasteiger partial charge in [0.15, 0.2) is 0 Å². The number of aromatic nitrogens is 3. The number of piperidine rings is 1. The van der Waals surface area contributed by atoms with Crippen LogP contribution in [0.25, 0.3) is 21.5 Å². The number of likely N-dealkylation sites (tertiary alicyclic amines) is 1.